The van der Waals surface area contributed by atoms with Crippen molar-refractivity contribution in [3.63, 3.8) is 0 Å². The maximum absolute atomic E-state index is 13.7. The number of aryl methyl sites for hydroxylation is 1. The molecule has 0 aliphatic rings. The Balaban J connectivity index is 1.79. The number of benzene rings is 3. The number of fused-ring (bicyclic) bond motifs is 1. The van der Waals surface area contributed by atoms with Crippen LogP contribution in [0.25, 0.3) is 22.3 Å². The number of carbonyl (C=O) groups is 1. The van der Waals surface area contributed by atoms with Gasteiger partial charge in [0, 0.05) is 5.56 Å². The van der Waals surface area contributed by atoms with E-state index in [4.69, 9.17) is 30.8 Å². The second kappa shape index (κ2) is 12.8. The maximum Gasteiger partial charge on any atom is 0.344 e. The molecule has 0 N–H and O–H groups in total. The summed E-state index contributed by atoms with van der Waals surface area (Å²) < 4.78 is 17.5. The monoisotopic (exact) mass is 561 g/mol. The fourth-order valence-electron chi connectivity index (χ4n) is 4.25. The molecule has 0 saturated heterocycles. The summed E-state index contributed by atoms with van der Waals surface area (Å²) in [6.45, 7) is 10.4. The largest absolute Gasteiger partial charge is 0.494 e. The van der Waals surface area contributed by atoms with Crippen LogP contribution in [0.1, 0.15) is 50.3 Å². The van der Waals surface area contributed by atoms with Gasteiger partial charge < -0.3 is 14.2 Å². The van der Waals surface area contributed by atoms with Gasteiger partial charge >= 0.3 is 5.97 Å². The molecule has 0 spiro atoms. The molecule has 9 heteroatoms. The Morgan fingerprint density at radius 3 is 2.52 bits per heavy atom. The van der Waals surface area contributed by atoms with Crippen molar-refractivity contribution < 1.29 is 19.0 Å². The van der Waals surface area contributed by atoms with Crippen LogP contribution in [0.2, 0.25) is 5.02 Å². The second-order valence-electron chi connectivity index (χ2n) is 9.39. The van der Waals surface area contributed by atoms with Gasteiger partial charge in [0.15, 0.2) is 12.4 Å². The number of para-hydroxylation sites is 1. The first kappa shape index (κ1) is 28.8. The van der Waals surface area contributed by atoms with Crippen LogP contribution in [-0.4, -0.2) is 41.7 Å². The molecule has 0 radical (unpaired) electrons. The number of carbonyl (C=O) groups excluding carboxylic acids is 1. The highest BCUT2D eigenvalue weighted by Crippen LogP contribution is 2.34. The third kappa shape index (κ3) is 6.34. The van der Waals surface area contributed by atoms with Crippen molar-refractivity contribution >= 4 is 34.7 Å². The van der Waals surface area contributed by atoms with E-state index in [1.807, 2.05) is 38.1 Å². The molecule has 0 amide bonds. The molecule has 4 aromatic rings. The van der Waals surface area contributed by atoms with Crippen LogP contribution in [0, 0.1) is 6.92 Å². The molecule has 0 bridgehead atoms. The molecule has 208 valence electrons. The van der Waals surface area contributed by atoms with Crippen molar-refractivity contribution in [3.05, 3.63) is 86.7 Å². The molecule has 40 heavy (non-hydrogen) atoms. The van der Waals surface area contributed by atoms with Crippen molar-refractivity contribution in [1.82, 2.24) is 9.66 Å². The van der Waals surface area contributed by atoms with Crippen LogP contribution >= 0.6 is 11.6 Å². The van der Waals surface area contributed by atoms with Crippen molar-refractivity contribution in [2.75, 3.05) is 19.8 Å². The van der Waals surface area contributed by atoms with Gasteiger partial charge in [0.25, 0.3) is 5.56 Å². The minimum Gasteiger partial charge on any atom is -0.494 e. The van der Waals surface area contributed by atoms with E-state index in [0.717, 1.165) is 22.4 Å². The topological polar surface area (TPSA) is 92.0 Å². The van der Waals surface area contributed by atoms with Crippen molar-refractivity contribution in [2.24, 2.45) is 5.10 Å². The summed E-state index contributed by atoms with van der Waals surface area (Å²) in [4.78, 5) is 30.1. The van der Waals surface area contributed by atoms with Gasteiger partial charge in [0.1, 0.15) is 11.5 Å². The van der Waals surface area contributed by atoms with E-state index in [-0.39, 0.29) is 24.7 Å². The Morgan fingerprint density at radius 2 is 1.82 bits per heavy atom. The molecule has 0 saturated carbocycles. The first-order valence-electron chi connectivity index (χ1n) is 13.1. The Hall–Kier alpha value is -4.17. The first-order valence-corrected chi connectivity index (χ1v) is 13.5. The molecule has 1 heterocycles. The van der Waals surface area contributed by atoms with Crippen LogP contribution in [0.15, 0.2) is 64.5 Å². The molecule has 0 unspecified atom stereocenters. The number of hydrogen-bond acceptors (Lipinski definition) is 7. The number of hydrogen-bond donors (Lipinski definition) is 0. The predicted molar refractivity (Wildman–Crippen MR) is 158 cm³/mol. The summed E-state index contributed by atoms with van der Waals surface area (Å²) >= 11 is 6.39. The molecule has 8 nitrogen and oxygen atoms in total. The van der Waals surface area contributed by atoms with Gasteiger partial charge in [-0.15, -0.1) is 0 Å². The standard InChI is InChI=1S/C31H32ClN3O5/c1-6-38-28-14-20(5)24(16-23(28)19(3)4)30-34-26-11-9-8-10-22(26)31(37)35(30)33-17-21-12-13-27(25(32)15-21)40-18-29(36)39-7-2/h8-17,19H,6-7,18H2,1-5H3. The lowest BCUT2D eigenvalue weighted by Gasteiger charge is -2.18. The lowest BCUT2D eigenvalue weighted by Crippen LogP contribution is -2.21. The third-order valence-electron chi connectivity index (χ3n) is 6.20. The molecular formula is C31H32ClN3O5. The minimum absolute atomic E-state index is 0.191. The highest BCUT2D eigenvalue weighted by molar-refractivity contribution is 6.32. The highest BCUT2D eigenvalue weighted by Gasteiger charge is 2.18. The lowest BCUT2D eigenvalue weighted by molar-refractivity contribution is -0.145. The molecule has 4 rings (SSSR count). The van der Waals surface area contributed by atoms with E-state index in [1.165, 1.54) is 10.9 Å². The average molecular weight is 562 g/mol. The maximum atomic E-state index is 13.7. The van der Waals surface area contributed by atoms with E-state index in [2.05, 4.69) is 18.9 Å². The summed E-state index contributed by atoms with van der Waals surface area (Å²) in [5.41, 5.74) is 3.63. The van der Waals surface area contributed by atoms with Crippen LogP contribution in [-0.2, 0) is 9.53 Å². The Labute approximate surface area is 238 Å². The Kier molecular flexibility index (Phi) is 9.22. The average Bonchev–Trinajstić information content (AvgIpc) is 2.92. The van der Waals surface area contributed by atoms with Gasteiger partial charge in [-0.25, -0.2) is 9.78 Å². The number of nitrogens with zero attached hydrogens (tertiary/aromatic N) is 3. The minimum atomic E-state index is -0.481. The van der Waals surface area contributed by atoms with E-state index < -0.39 is 5.97 Å². The van der Waals surface area contributed by atoms with Gasteiger partial charge in [-0.3, -0.25) is 4.79 Å². The first-order chi connectivity index (χ1) is 19.2. The normalized spacial score (nSPS) is 11.4. The van der Waals surface area contributed by atoms with Crippen LogP contribution in [0.3, 0.4) is 0 Å². The van der Waals surface area contributed by atoms with Gasteiger partial charge in [-0.2, -0.15) is 9.78 Å². The van der Waals surface area contributed by atoms with Crippen LogP contribution in [0.5, 0.6) is 11.5 Å². The van der Waals surface area contributed by atoms with Crippen molar-refractivity contribution in [3.8, 4) is 22.9 Å². The SMILES string of the molecule is CCOC(=O)COc1ccc(C=Nn2c(-c3cc(C(C)C)c(OCC)cc3C)nc3ccccc3c2=O)cc1Cl. The summed E-state index contributed by atoms with van der Waals surface area (Å²) in [6.07, 6.45) is 1.54. The van der Waals surface area contributed by atoms with Gasteiger partial charge in [0.2, 0.25) is 0 Å². The number of halogens is 1. The number of ether oxygens (including phenoxy) is 3. The van der Waals surface area contributed by atoms with Crippen LogP contribution < -0.4 is 15.0 Å². The summed E-state index contributed by atoms with van der Waals surface area (Å²) in [5, 5.41) is 5.31. The molecule has 0 aliphatic heterocycles. The molecular weight excluding hydrogens is 530 g/mol. The fourth-order valence-corrected chi connectivity index (χ4v) is 4.50. The van der Waals surface area contributed by atoms with Crippen LogP contribution in [0.4, 0.5) is 0 Å². The molecule has 0 fully saturated rings. The van der Waals surface area contributed by atoms with E-state index >= 15 is 0 Å². The zero-order valence-electron chi connectivity index (χ0n) is 23.2. The highest BCUT2D eigenvalue weighted by atomic mass is 35.5. The third-order valence-corrected chi connectivity index (χ3v) is 6.50. The molecule has 1 aromatic heterocycles. The second-order valence-corrected chi connectivity index (χ2v) is 9.80. The van der Waals surface area contributed by atoms with Gasteiger partial charge in [-0.05, 0) is 85.8 Å². The molecule has 0 atom stereocenters. The lowest BCUT2D eigenvalue weighted by atomic mass is 9.96. The number of rotatable bonds is 10. The van der Waals surface area contributed by atoms with Gasteiger partial charge in [-0.1, -0.05) is 37.6 Å². The molecule has 3 aromatic carbocycles. The number of aromatic nitrogens is 2. The quantitative estimate of drug-likeness (QED) is 0.165. The van der Waals surface area contributed by atoms with Crippen molar-refractivity contribution in [2.45, 2.75) is 40.5 Å². The molecule has 0 aliphatic carbocycles. The zero-order valence-corrected chi connectivity index (χ0v) is 24.0. The zero-order chi connectivity index (χ0) is 28.8. The predicted octanol–water partition coefficient (Wildman–Crippen LogP) is 6.37. The Morgan fingerprint density at radius 1 is 1.05 bits per heavy atom. The summed E-state index contributed by atoms with van der Waals surface area (Å²) in [7, 11) is 0. The van der Waals surface area contributed by atoms with E-state index in [0.29, 0.717) is 39.7 Å². The van der Waals surface area contributed by atoms with E-state index in [9.17, 15) is 9.59 Å². The smallest absolute Gasteiger partial charge is 0.344 e. The van der Waals surface area contributed by atoms with Gasteiger partial charge in [0.05, 0.1) is 35.4 Å². The summed E-state index contributed by atoms with van der Waals surface area (Å²) in [5.74, 6) is 1.28. The summed E-state index contributed by atoms with van der Waals surface area (Å²) in [6, 6.07) is 16.2. The number of esters is 1. The van der Waals surface area contributed by atoms with E-state index in [1.54, 1.807) is 37.3 Å². The fraction of sp³-hybridized carbons (Fsp3) is 0.290. The van der Waals surface area contributed by atoms with Crippen molar-refractivity contribution in [1.29, 1.82) is 0 Å². The Bertz CT molecular complexity index is 1630.